The first-order valence-corrected chi connectivity index (χ1v) is 11.9. The molecule has 2 aromatic carbocycles. The van der Waals surface area contributed by atoms with E-state index in [1.165, 1.54) is 5.56 Å². The Labute approximate surface area is 207 Å². The number of aliphatic hydroxyl groups excluding tert-OH is 1. The molecule has 35 heavy (non-hydrogen) atoms. The lowest BCUT2D eigenvalue weighted by molar-refractivity contribution is 0.0941. The molecule has 6 heteroatoms. The van der Waals surface area contributed by atoms with Crippen LogP contribution < -0.4 is 4.74 Å². The van der Waals surface area contributed by atoms with E-state index in [0.29, 0.717) is 31.9 Å². The summed E-state index contributed by atoms with van der Waals surface area (Å²) < 4.78 is 13.8. The average molecular weight is 472 g/mol. The molecule has 0 aliphatic heterocycles. The van der Waals surface area contributed by atoms with Crippen molar-refractivity contribution in [3.05, 3.63) is 103 Å². The maximum atomic E-state index is 10.7. The third-order valence-corrected chi connectivity index (χ3v) is 5.88. The van der Waals surface area contributed by atoms with E-state index in [0.717, 1.165) is 34.8 Å². The van der Waals surface area contributed by atoms with Crippen molar-refractivity contribution in [3.8, 4) is 22.9 Å². The minimum absolute atomic E-state index is 0.485. The quantitative estimate of drug-likeness (QED) is 0.253. The van der Waals surface area contributed by atoms with Crippen LogP contribution in [0.5, 0.6) is 11.6 Å². The summed E-state index contributed by atoms with van der Waals surface area (Å²) in [7, 11) is 1.90. The van der Waals surface area contributed by atoms with Crippen molar-refractivity contribution in [2.75, 3.05) is 6.54 Å². The number of nitrogens with zero attached hydrogens (tertiary/aromatic N) is 3. The first-order chi connectivity index (χ1) is 17.0. The van der Waals surface area contributed by atoms with Crippen molar-refractivity contribution in [1.29, 1.82) is 0 Å². The maximum absolute atomic E-state index is 10.7. The van der Waals surface area contributed by atoms with Gasteiger partial charge in [0.1, 0.15) is 17.2 Å². The van der Waals surface area contributed by atoms with Crippen LogP contribution in [0.2, 0.25) is 0 Å². The van der Waals surface area contributed by atoms with E-state index in [4.69, 9.17) is 14.3 Å². The van der Waals surface area contributed by atoms with Crippen molar-refractivity contribution < 1.29 is 14.3 Å². The van der Waals surface area contributed by atoms with Crippen LogP contribution in [0.4, 0.5) is 0 Å². The van der Waals surface area contributed by atoms with Gasteiger partial charge in [-0.05, 0) is 44.0 Å². The molecule has 1 N–H and O–H groups in total. The highest BCUT2D eigenvalue weighted by Crippen LogP contribution is 2.34. The summed E-state index contributed by atoms with van der Waals surface area (Å²) >= 11 is 0. The van der Waals surface area contributed by atoms with Crippen molar-refractivity contribution in [1.82, 2.24) is 14.7 Å². The predicted octanol–water partition coefficient (Wildman–Crippen LogP) is 6.11. The lowest BCUT2D eigenvalue weighted by Crippen LogP contribution is -2.31. The zero-order chi connectivity index (χ0) is 24.6. The van der Waals surface area contributed by atoms with Gasteiger partial charge < -0.3 is 14.3 Å². The molecule has 0 aliphatic carbocycles. The van der Waals surface area contributed by atoms with E-state index in [9.17, 15) is 5.11 Å². The molecule has 1 atom stereocenters. The summed E-state index contributed by atoms with van der Waals surface area (Å²) in [6.45, 7) is 7.41. The van der Waals surface area contributed by atoms with Gasteiger partial charge in [0.2, 0.25) is 5.88 Å². The molecule has 2 heterocycles. The van der Waals surface area contributed by atoms with Gasteiger partial charge in [-0.15, -0.1) is 6.58 Å². The van der Waals surface area contributed by atoms with E-state index >= 15 is 0 Å². The highest BCUT2D eigenvalue weighted by atomic mass is 16.5. The first kappa shape index (κ1) is 24.5. The van der Waals surface area contributed by atoms with Crippen LogP contribution in [0.3, 0.4) is 0 Å². The normalized spacial score (nSPS) is 12.1. The molecule has 0 aliphatic rings. The van der Waals surface area contributed by atoms with Crippen LogP contribution in [0, 0.1) is 6.92 Å². The van der Waals surface area contributed by atoms with Gasteiger partial charge in [0.25, 0.3) is 0 Å². The Bertz CT molecular complexity index is 1200. The van der Waals surface area contributed by atoms with Gasteiger partial charge in [-0.3, -0.25) is 4.90 Å². The molecule has 0 saturated heterocycles. The lowest BCUT2D eigenvalue weighted by atomic mass is 10.1. The van der Waals surface area contributed by atoms with E-state index in [1.807, 2.05) is 67.7 Å². The summed E-state index contributed by atoms with van der Waals surface area (Å²) in [5.74, 6) is 2.27. The van der Waals surface area contributed by atoms with Gasteiger partial charge in [-0.25, -0.2) is 4.68 Å². The molecule has 4 aromatic rings. The Hall–Kier alpha value is -3.61. The largest absolute Gasteiger partial charge is 0.468 e. The number of rotatable bonds is 12. The highest BCUT2D eigenvalue weighted by Gasteiger charge is 2.24. The highest BCUT2D eigenvalue weighted by molar-refractivity contribution is 5.65. The Morgan fingerprint density at radius 2 is 1.86 bits per heavy atom. The van der Waals surface area contributed by atoms with E-state index in [-0.39, 0.29) is 0 Å². The Morgan fingerprint density at radius 1 is 1.09 bits per heavy atom. The van der Waals surface area contributed by atoms with E-state index < -0.39 is 6.10 Å². The molecular weight excluding hydrogens is 438 g/mol. The fourth-order valence-corrected chi connectivity index (χ4v) is 4.10. The van der Waals surface area contributed by atoms with Gasteiger partial charge in [0, 0.05) is 25.7 Å². The minimum Gasteiger partial charge on any atom is -0.468 e. The minimum atomic E-state index is -0.485. The summed E-state index contributed by atoms with van der Waals surface area (Å²) in [5, 5.41) is 15.5. The van der Waals surface area contributed by atoms with Crippen molar-refractivity contribution in [3.63, 3.8) is 0 Å². The van der Waals surface area contributed by atoms with Crippen LogP contribution >= 0.6 is 0 Å². The van der Waals surface area contributed by atoms with Gasteiger partial charge in [0.05, 0.1) is 24.5 Å². The molecule has 0 fully saturated rings. The zero-order valence-electron chi connectivity index (χ0n) is 20.4. The van der Waals surface area contributed by atoms with Crippen LogP contribution in [0.1, 0.15) is 29.7 Å². The second-order valence-corrected chi connectivity index (χ2v) is 8.81. The topological polar surface area (TPSA) is 63.7 Å². The molecule has 0 unspecified atom stereocenters. The molecule has 4 rings (SSSR count). The number of hydrogen-bond acceptors (Lipinski definition) is 5. The smallest absolute Gasteiger partial charge is 0.222 e. The van der Waals surface area contributed by atoms with Crippen LogP contribution in [-0.4, -0.2) is 32.4 Å². The van der Waals surface area contributed by atoms with Gasteiger partial charge >= 0.3 is 0 Å². The summed E-state index contributed by atoms with van der Waals surface area (Å²) in [6, 6.07) is 21.9. The molecule has 0 saturated carbocycles. The first-order valence-electron chi connectivity index (χ1n) is 11.9. The number of aryl methyl sites for hydroxylation is 2. The van der Waals surface area contributed by atoms with Gasteiger partial charge in [-0.2, -0.15) is 5.10 Å². The van der Waals surface area contributed by atoms with Crippen molar-refractivity contribution in [2.45, 2.75) is 39.0 Å². The second kappa shape index (κ2) is 11.7. The number of allylic oxidation sites excluding steroid dienone is 1. The zero-order valence-corrected chi connectivity index (χ0v) is 20.4. The summed E-state index contributed by atoms with van der Waals surface area (Å²) in [5.41, 5.74) is 4.01. The molecule has 0 radical (unpaired) electrons. The molecule has 182 valence electrons. The molecule has 0 bridgehead atoms. The van der Waals surface area contributed by atoms with Gasteiger partial charge in [0.15, 0.2) is 0 Å². The third-order valence-electron chi connectivity index (χ3n) is 5.88. The van der Waals surface area contributed by atoms with Crippen molar-refractivity contribution >= 4 is 0 Å². The standard InChI is InChI=1S/C29H33N3O3/c1-4-5-12-24(33)19-32(20-26-13-9-18-34-26)21-27-28(23-10-7-6-8-11-23)30-31(3)29(27)35-25-16-14-22(2)15-17-25/h4,6-11,13-18,24,33H,1,5,12,19-21H2,2-3H3/t24-/m0/s1. The van der Waals surface area contributed by atoms with Crippen molar-refractivity contribution in [2.24, 2.45) is 7.05 Å². The summed E-state index contributed by atoms with van der Waals surface area (Å²) in [4.78, 5) is 2.18. The average Bonchev–Trinajstić information content (AvgIpc) is 3.48. The van der Waals surface area contributed by atoms with E-state index in [1.54, 1.807) is 10.9 Å². The fraction of sp³-hybridized carbons (Fsp3) is 0.276. The van der Waals surface area contributed by atoms with Crippen LogP contribution in [-0.2, 0) is 20.1 Å². The molecule has 0 spiro atoms. The number of furan rings is 1. The number of benzene rings is 2. The van der Waals surface area contributed by atoms with E-state index in [2.05, 4.69) is 30.5 Å². The maximum Gasteiger partial charge on any atom is 0.222 e. The lowest BCUT2D eigenvalue weighted by Gasteiger charge is -2.24. The fourth-order valence-electron chi connectivity index (χ4n) is 4.10. The Balaban J connectivity index is 1.70. The predicted molar refractivity (Wildman–Crippen MR) is 138 cm³/mol. The number of ether oxygens (including phenoxy) is 1. The second-order valence-electron chi connectivity index (χ2n) is 8.81. The molecular formula is C29H33N3O3. The number of hydrogen-bond donors (Lipinski definition) is 1. The number of aromatic nitrogens is 2. The summed E-state index contributed by atoms with van der Waals surface area (Å²) in [6.07, 6.45) is 4.44. The number of aliphatic hydroxyl groups is 1. The van der Waals surface area contributed by atoms with Gasteiger partial charge in [-0.1, -0.05) is 54.1 Å². The van der Waals surface area contributed by atoms with Crippen LogP contribution in [0.15, 0.2) is 90.1 Å². The van der Waals surface area contributed by atoms with Crippen LogP contribution in [0.25, 0.3) is 11.3 Å². The molecule has 2 aromatic heterocycles. The monoisotopic (exact) mass is 471 g/mol. The molecule has 6 nitrogen and oxygen atoms in total. The Kier molecular flexibility index (Phi) is 8.19. The Morgan fingerprint density at radius 3 is 2.54 bits per heavy atom. The third kappa shape index (κ3) is 6.50. The molecule has 0 amide bonds. The SMILES string of the molecule is C=CCC[C@H](O)CN(Cc1ccco1)Cc1c(-c2ccccc2)nn(C)c1Oc1ccc(C)cc1.